The summed E-state index contributed by atoms with van der Waals surface area (Å²) in [6.45, 7) is 0. The lowest BCUT2D eigenvalue weighted by molar-refractivity contribution is 0.118. The highest BCUT2D eigenvalue weighted by atomic mass is 79.9. The van der Waals surface area contributed by atoms with Crippen LogP contribution in [-0.4, -0.2) is 27.9 Å². The number of carbonyl (C=O) groups is 1. The van der Waals surface area contributed by atoms with Crippen molar-refractivity contribution >= 4 is 27.6 Å². The Kier molecular flexibility index (Phi) is 4.82. The second kappa shape index (κ2) is 6.41. The number of nitrogens with one attached hydrogen (secondary N) is 2. The molecule has 20 heavy (non-hydrogen) atoms. The summed E-state index contributed by atoms with van der Waals surface area (Å²) >= 11 is 3.28. The average Bonchev–Trinajstić information content (AvgIpc) is 2.38. The van der Waals surface area contributed by atoms with E-state index in [1.807, 2.05) is 0 Å². The first-order valence-electron chi connectivity index (χ1n) is 6.57. The van der Waals surface area contributed by atoms with Crippen molar-refractivity contribution in [3.05, 3.63) is 27.1 Å². The van der Waals surface area contributed by atoms with Crippen molar-refractivity contribution in [2.45, 2.75) is 37.8 Å². The second-order valence-electron chi connectivity index (χ2n) is 5.09. The third-order valence-corrected chi connectivity index (χ3v) is 3.86. The number of aliphatic hydroxyl groups excluding tert-OH is 1. The van der Waals surface area contributed by atoms with E-state index in [9.17, 15) is 14.7 Å². The van der Waals surface area contributed by atoms with E-state index in [2.05, 4.69) is 26.6 Å². The summed E-state index contributed by atoms with van der Waals surface area (Å²) in [6, 6.07) is 1.24. The van der Waals surface area contributed by atoms with Gasteiger partial charge in [-0.05, 0) is 47.7 Å². The van der Waals surface area contributed by atoms with E-state index in [0.29, 0.717) is 12.8 Å². The van der Waals surface area contributed by atoms with Crippen LogP contribution in [0.15, 0.2) is 21.5 Å². The molecule has 1 aliphatic carbocycles. The molecule has 0 atom stereocenters. The predicted molar refractivity (Wildman–Crippen MR) is 79.8 cm³/mol. The molecule has 3 N–H and O–H groups in total. The standard InChI is InChI=1S/C13H18BrN3O3/c1-17-7-8(14)6-11(12(17)19)16-13(20)15-9-2-4-10(18)5-3-9/h6-7,9-10,18H,2-5H2,1H3,(H2,15,16,20). The first kappa shape index (κ1) is 15.1. The predicted octanol–water partition coefficient (Wildman–Crippen LogP) is 1.57. The zero-order valence-electron chi connectivity index (χ0n) is 11.2. The van der Waals surface area contributed by atoms with Gasteiger partial charge in [0.2, 0.25) is 0 Å². The molecule has 0 spiro atoms. The Morgan fingerprint density at radius 1 is 1.40 bits per heavy atom. The van der Waals surface area contributed by atoms with Crippen LogP contribution in [0.1, 0.15) is 25.7 Å². The van der Waals surface area contributed by atoms with Crippen LogP contribution in [0.5, 0.6) is 0 Å². The minimum absolute atomic E-state index is 0.0504. The van der Waals surface area contributed by atoms with E-state index in [4.69, 9.17) is 0 Å². The van der Waals surface area contributed by atoms with Crippen LogP contribution < -0.4 is 16.2 Å². The largest absolute Gasteiger partial charge is 0.393 e. The van der Waals surface area contributed by atoms with Crippen LogP contribution in [0.4, 0.5) is 10.5 Å². The van der Waals surface area contributed by atoms with E-state index in [-0.39, 0.29) is 29.4 Å². The molecule has 1 fully saturated rings. The summed E-state index contributed by atoms with van der Waals surface area (Å²) in [5, 5.41) is 14.8. The SMILES string of the molecule is Cn1cc(Br)cc(NC(=O)NC2CCC(O)CC2)c1=O. The van der Waals surface area contributed by atoms with Crippen LogP contribution in [0.3, 0.4) is 0 Å². The zero-order valence-corrected chi connectivity index (χ0v) is 12.8. The Balaban J connectivity index is 1.97. The highest BCUT2D eigenvalue weighted by Gasteiger charge is 2.21. The van der Waals surface area contributed by atoms with Gasteiger partial charge in [-0.15, -0.1) is 0 Å². The number of anilines is 1. The summed E-state index contributed by atoms with van der Waals surface area (Å²) in [5.41, 5.74) is -0.0300. The molecule has 1 heterocycles. The molecule has 7 heteroatoms. The molecule has 6 nitrogen and oxygen atoms in total. The highest BCUT2D eigenvalue weighted by Crippen LogP contribution is 2.18. The molecule has 0 radical (unpaired) electrons. The van der Waals surface area contributed by atoms with Crippen molar-refractivity contribution in [2.75, 3.05) is 5.32 Å². The summed E-state index contributed by atoms with van der Waals surface area (Å²) < 4.78 is 2.12. The van der Waals surface area contributed by atoms with Crippen molar-refractivity contribution in [3.8, 4) is 0 Å². The summed E-state index contributed by atoms with van der Waals surface area (Å²) in [4.78, 5) is 23.7. The normalized spacial score (nSPS) is 22.4. The lowest BCUT2D eigenvalue weighted by Gasteiger charge is -2.26. The van der Waals surface area contributed by atoms with Crippen molar-refractivity contribution in [1.82, 2.24) is 9.88 Å². The van der Waals surface area contributed by atoms with Gasteiger partial charge >= 0.3 is 6.03 Å². The van der Waals surface area contributed by atoms with Gasteiger partial charge in [0.1, 0.15) is 5.69 Å². The molecule has 110 valence electrons. The molecule has 0 bridgehead atoms. The van der Waals surface area contributed by atoms with Gasteiger partial charge in [-0.1, -0.05) is 0 Å². The number of urea groups is 1. The quantitative estimate of drug-likeness (QED) is 0.762. The smallest absolute Gasteiger partial charge is 0.319 e. The van der Waals surface area contributed by atoms with Crippen LogP contribution in [0.2, 0.25) is 0 Å². The lowest BCUT2D eigenvalue weighted by Crippen LogP contribution is -2.41. The maximum atomic E-state index is 11.9. The highest BCUT2D eigenvalue weighted by molar-refractivity contribution is 9.10. The fourth-order valence-corrected chi connectivity index (χ4v) is 2.86. The Labute approximate surface area is 125 Å². The number of amides is 2. The summed E-state index contributed by atoms with van der Waals surface area (Å²) in [7, 11) is 1.62. The molecule has 1 aromatic rings. The number of halogens is 1. The molecule has 1 saturated carbocycles. The Morgan fingerprint density at radius 3 is 2.70 bits per heavy atom. The molecular weight excluding hydrogens is 326 g/mol. The van der Waals surface area contributed by atoms with E-state index in [0.717, 1.165) is 17.3 Å². The minimum atomic E-state index is -0.387. The zero-order chi connectivity index (χ0) is 14.7. The lowest BCUT2D eigenvalue weighted by atomic mass is 9.93. The fraction of sp³-hybridized carbons (Fsp3) is 0.538. The maximum Gasteiger partial charge on any atom is 0.319 e. The molecule has 2 rings (SSSR count). The van der Waals surface area contributed by atoms with Crippen LogP contribution in [-0.2, 0) is 7.05 Å². The third kappa shape index (κ3) is 3.83. The Hall–Kier alpha value is -1.34. The number of hydrogen-bond donors (Lipinski definition) is 3. The topological polar surface area (TPSA) is 83.4 Å². The van der Waals surface area contributed by atoms with Gasteiger partial charge in [0, 0.05) is 23.8 Å². The molecule has 0 aromatic carbocycles. The average molecular weight is 344 g/mol. The maximum absolute atomic E-state index is 11.9. The van der Waals surface area contributed by atoms with Gasteiger partial charge in [0.15, 0.2) is 0 Å². The van der Waals surface area contributed by atoms with Gasteiger partial charge < -0.3 is 20.3 Å². The van der Waals surface area contributed by atoms with Crippen LogP contribution >= 0.6 is 15.9 Å². The number of aromatic nitrogens is 1. The number of carbonyl (C=O) groups excluding carboxylic acids is 1. The number of aryl methyl sites for hydroxylation is 1. The summed E-state index contributed by atoms with van der Waals surface area (Å²) in [6.07, 6.45) is 4.28. The van der Waals surface area contributed by atoms with Crippen molar-refractivity contribution < 1.29 is 9.90 Å². The molecular formula is C13H18BrN3O3. The van der Waals surface area contributed by atoms with Crippen LogP contribution in [0.25, 0.3) is 0 Å². The summed E-state index contributed by atoms with van der Waals surface area (Å²) in [5.74, 6) is 0. The Bertz CT molecular complexity index is 550. The first-order valence-corrected chi connectivity index (χ1v) is 7.37. The van der Waals surface area contributed by atoms with Gasteiger partial charge in [0.05, 0.1) is 6.10 Å². The monoisotopic (exact) mass is 343 g/mol. The van der Waals surface area contributed by atoms with Gasteiger partial charge in [-0.25, -0.2) is 4.79 Å². The van der Waals surface area contributed by atoms with Crippen LogP contribution in [0, 0.1) is 0 Å². The fourth-order valence-electron chi connectivity index (χ4n) is 2.32. The number of pyridine rings is 1. The molecule has 0 unspecified atom stereocenters. The van der Waals surface area contributed by atoms with Crippen molar-refractivity contribution in [1.29, 1.82) is 0 Å². The first-order chi connectivity index (χ1) is 9.45. The number of hydrogen-bond acceptors (Lipinski definition) is 3. The second-order valence-corrected chi connectivity index (χ2v) is 6.01. The minimum Gasteiger partial charge on any atom is -0.393 e. The number of rotatable bonds is 2. The molecule has 0 saturated heterocycles. The van der Waals surface area contributed by atoms with E-state index < -0.39 is 0 Å². The molecule has 0 aliphatic heterocycles. The van der Waals surface area contributed by atoms with Crippen molar-refractivity contribution in [2.24, 2.45) is 7.05 Å². The third-order valence-electron chi connectivity index (χ3n) is 3.43. The van der Waals surface area contributed by atoms with Gasteiger partial charge in [-0.3, -0.25) is 4.79 Å². The van der Waals surface area contributed by atoms with Gasteiger partial charge in [0.25, 0.3) is 5.56 Å². The number of aliphatic hydroxyl groups is 1. The number of nitrogens with zero attached hydrogens (tertiary/aromatic N) is 1. The van der Waals surface area contributed by atoms with Gasteiger partial charge in [-0.2, -0.15) is 0 Å². The van der Waals surface area contributed by atoms with E-state index >= 15 is 0 Å². The van der Waals surface area contributed by atoms with Crippen molar-refractivity contribution in [3.63, 3.8) is 0 Å². The molecule has 2 amide bonds. The van der Waals surface area contributed by atoms with E-state index in [1.165, 1.54) is 4.57 Å². The Morgan fingerprint density at radius 2 is 2.05 bits per heavy atom. The molecule has 1 aromatic heterocycles. The van der Waals surface area contributed by atoms with E-state index in [1.54, 1.807) is 19.3 Å². The molecule has 1 aliphatic rings.